The number of nitrogens with zero attached hydrogens (tertiary/aromatic N) is 1. The maximum absolute atomic E-state index is 12.5. The molecule has 0 saturated carbocycles. The third-order valence-electron chi connectivity index (χ3n) is 3.54. The molecule has 2 N–H and O–H groups in total. The lowest BCUT2D eigenvalue weighted by Gasteiger charge is -2.26. The Morgan fingerprint density at radius 3 is 2.57 bits per heavy atom. The van der Waals surface area contributed by atoms with E-state index in [1.165, 1.54) is 4.90 Å². The molecule has 5 heteroatoms. The molecule has 0 heterocycles. The number of aryl methyl sites for hydroxylation is 1. The number of carboxylic acid groups (broad SMARTS) is 1. The van der Waals surface area contributed by atoms with Crippen LogP contribution in [0.5, 0.6) is 0 Å². The minimum atomic E-state index is -0.913. The van der Waals surface area contributed by atoms with Gasteiger partial charge in [0.1, 0.15) is 0 Å². The fourth-order valence-electron chi connectivity index (χ4n) is 2.39. The van der Waals surface area contributed by atoms with E-state index in [0.717, 1.165) is 24.1 Å². The monoisotopic (exact) mass is 288 g/mol. The van der Waals surface area contributed by atoms with Crippen molar-refractivity contribution < 1.29 is 14.7 Å². The summed E-state index contributed by atoms with van der Waals surface area (Å²) in [5.41, 5.74) is 1.70. The van der Waals surface area contributed by atoms with Gasteiger partial charge < -0.3 is 10.4 Å². The van der Waals surface area contributed by atoms with Crippen molar-refractivity contribution in [1.82, 2.24) is 5.32 Å². The lowest BCUT2D eigenvalue weighted by Crippen LogP contribution is -2.45. The van der Waals surface area contributed by atoms with Crippen LogP contribution < -0.4 is 10.2 Å². The second-order valence-electron chi connectivity index (χ2n) is 5.17. The van der Waals surface area contributed by atoms with Gasteiger partial charge in [-0.1, -0.05) is 30.4 Å². The van der Waals surface area contributed by atoms with Gasteiger partial charge in [0.25, 0.3) is 0 Å². The van der Waals surface area contributed by atoms with Gasteiger partial charge in [-0.15, -0.1) is 0 Å². The van der Waals surface area contributed by atoms with Gasteiger partial charge in [-0.3, -0.25) is 9.69 Å². The maximum Gasteiger partial charge on any atom is 0.322 e. The number of carbonyl (C=O) groups excluding carboxylic acids is 1. The van der Waals surface area contributed by atoms with Gasteiger partial charge in [0.2, 0.25) is 0 Å². The number of anilines is 1. The molecule has 0 bridgehead atoms. The Labute approximate surface area is 124 Å². The van der Waals surface area contributed by atoms with Crippen LogP contribution in [0.25, 0.3) is 0 Å². The number of hydrogen-bond acceptors (Lipinski definition) is 2. The topological polar surface area (TPSA) is 69.6 Å². The van der Waals surface area contributed by atoms with Crippen molar-refractivity contribution in [3.63, 3.8) is 0 Å². The third-order valence-corrected chi connectivity index (χ3v) is 3.54. The molecule has 0 radical (unpaired) electrons. The van der Waals surface area contributed by atoms with E-state index in [0.29, 0.717) is 0 Å². The Balaban J connectivity index is 2.12. The number of rotatable bonds is 5. The predicted octanol–water partition coefficient (Wildman–Crippen LogP) is 2.70. The fourth-order valence-corrected chi connectivity index (χ4v) is 2.39. The van der Waals surface area contributed by atoms with Crippen LogP contribution in [-0.2, 0) is 4.79 Å². The molecule has 0 spiro atoms. The van der Waals surface area contributed by atoms with Gasteiger partial charge in [0, 0.05) is 18.3 Å². The van der Waals surface area contributed by atoms with E-state index in [1.54, 1.807) is 0 Å². The van der Waals surface area contributed by atoms with E-state index in [9.17, 15) is 9.59 Å². The molecule has 1 aromatic carbocycles. The summed E-state index contributed by atoms with van der Waals surface area (Å²) in [6.07, 6.45) is 5.66. The van der Waals surface area contributed by atoms with E-state index in [2.05, 4.69) is 5.32 Å². The van der Waals surface area contributed by atoms with E-state index in [4.69, 9.17) is 5.11 Å². The van der Waals surface area contributed by atoms with Gasteiger partial charge in [-0.2, -0.15) is 0 Å². The van der Waals surface area contributed by atoms with E-state index in [1.807, 2.05) is 43.3 Å². The molecule has 2 rings (SSSR count). The average Bonchev–Trinajstić information content (AvgIpc) is 2.93. The first kappa shape index (κ1) is 15.1. The van der Waals surface area contributed by atoms with E-state index >= 15 is 0 Å². The molecule has 21 heavy (non-hydrogen) atoms. The number of para-hydroxylation sites is 1. The molecule has 0 unspecified atom stereocenters. The van der Waals surface area contributed by atoms with Crippen molar-refractivity contribution in [2.24, 2.45) is 0 Å². The van der Waals surface area contributed by atoms with Gasteiger partial charge in [0.05, 0.1) is 6.42 Å². The Morgan fingerprint density at radius 2 is 1.95 bits per heavy atom. The predicted molar refractivity (Wildman–Crippen MR) is 81.5 cm³/mol. The van der Waals surface area contributed by atoms with Gasteiger partial charge in [-0.25, -0.2) is 4.79 Å². The highest BCUT2D eigenvalue weighted by molar-refractivity contribution is 5.93. The van der Waals surface area contributed by atoms with Gasteiger partial charge >= 0.3 is 12.0 Å². The number of amides is 2. The van der Waals surface area contributed by atoms with E-state index < -0.39 is 5.97 Å². The molecule has 0 fully saturated rings. The summed E-state index contributed by atoms with van der Waals surface area (Å²) in [7, 11) is 0. The Bertz CT molecular complexity index is 546. The van der Waals surface area contributed by atoms with Gasteiger partial charge in [-0.05, 0) is 31.4 Å². The van der Waals surface area contributed by atoms with Crippen LogP contribution >= 0.6 is 0 Å². The lowest BCUT2D eigenvalue weighted by atomic mass is 10.1. The maximum atomic E-state index is 12.5. The van der Waals surface area contributed by atoms with Crippen molar-refractivity contribution in [2.45, 2.75) is 32.2 Å². The molecule has 1 aromatic rings. The molecular formula is C16H20N2O3. The number of hydrogen-bond donors (Lipinski definition) is 2. The first-order chi connectivity index (χ1) is 10.1. The summed E-state index contributed by atoms with van der Waals surface area (Å²) in [6, 6.07) is 7.36. The van der Waals surface area contributed by atoms with E-state index in [-0.39, 0.29) is 25.0 Å². The zero-order chi connectivity index (χ0) is 15.2. The summed E-state index contributed by atoms with van der Waals surface area (Å²) < 4.78 is 0. The van der Waals surface area contributed by atoms with Crippen LogP contribution in [-0.4, -0.2) is 29.7 Å². The van der Waals surface area contributed by atoms with Crippen LogP contribution in [0.3, 0.4) is 0 Å². The minimum absolute atomic E-state index is 0.0787. The van der Waals surface area contributed by atoms with Crippen LogP contribution in [0.15, 0.2) is 36.4 Å². The Morgan fingerprint density at radius 1 is 1.29 bits per heavy atom. The molecule has 1 aliphatic carbocycles. The normalized spacial score (nSPS) is 14.1. The Kier molecular flexibility index (Phi) is 4.98. The first-order valence-electron chi connectivity index (χ1n) is 7.08. The SMILES string of the molecule is Cc1ccccc1N(CCC(=O)O)C(=O)NC1CC=CC1. The molecule has 112 valence electrons. The summed E-state index contributed by atoms with van der Waals surface area (Å²) in [5, 5.41) is 11.8. The van der Waals surface area contributed by atoms with Crippen LogP contribution in [0.4, 0.5) is 10.5 Å². The largest absolute Gasteiger partial charge is 0.481 e. The number of urea groups is 1. The highest BCUT2D eigenvalue weighted by Crippen LogP contribution is 2.20. The highest BCUT2D eigenvalue weighted by atomic mass is 16.4. The van der Waals surface area contributed by atoms with Crippen molar-refractivity contribution in [2.75, 3.05) is 11.4 Å². The molecule has 5 nitrogen and oxygen atoms in total. The van der Waals surface area contributed by atoms with Crippen molar-refractivity contribution >= 4 is 17.7 Å². The second kappa shape index (κ2) is 6.92. The van der Waals surface area contributed by atoms with Gasteiger partial charge in [0.15, 0.2) is 0 Å². The quantitative estimate of drug-likeness (QED) is 0.818. The third kappa shape index (κ3) is 4.08. The van der Waals surface area contributed by atoms with Crippen LogP contribution in [0.1, 0.15) is 24.8 Å². The standard InChI is InChI=1S/C16H20N2O3/c1-12-6-2-5-9-14(12)18(11-10-15(19)20)16(21)17-13-7-3-4-8-13/h2-6,9,13H,7-8,10-11H2,1H3,(H,17,21)(H,19,20). The van der Waals surface area contributed by atoms with Crippen molar-refractivity contribution in [3.05, 3.63) is 42.0 Å². The number of aliphatic carboxylic acids is 1. The molecule has 1 aliphatic rings. The number of benzene rings is 1. The van der Waals surface area contributed by atoms with Crippen LogP contribution in [0.2, 0.25) is 0 Å². The van der Waals surface area contributed by atoms with Crippen LogP contribution in [0, 0.1) is 6.92 Å². The number of nitrogens with one attached hydrogen (secondary N) is 1. The molecule has 0 saturated heterocycles. The molecule has 0 atom stereocenters. The summed E-state index contributed by atoms with van der Waals surface area (Å²) in [4.78, 5) is 24.8. The van der Waals surface area contributed by atoms with Crippen molar-refractivity contribution in [1.29, 1.82) is 0 Å². The summed E-state index contributed by atoms with van der Waals surface area (Å²) in [5.74, 6) is -0.913. The smallest absolute Gasteiger partial charge is 0.322 e. The highest BCUT2D eigenvalue weighted by Gasteiger charge is 2.21. The first-order valence-corrected chi connectivity index (χ1v) is 7.08. The number of carboxylic acids is 1. The molecule has 0 aliphatic heterocycles. The summed E-state index contributed by atoms with van der Waals surface area (Å²) >= 11 is 0. The zero-order valence-corrected chi connectivity index (χ0v) is 12.1. The second-order valence-corrected chi connectivity index (χ2v) is 5.17. The Hall–Kier alpha value is -2.30. The zero-order valence-electron chi connectivity index (χ0n) is 12.1. The fraction of sp³-hybridized carbons (Fsp3) is 0.375. The van der Waals surface area contributed by atoms with Crippen molar-refractivity contribution in [3.8, 4) is 0 Å². The molecule has 0 aromatic heterocycles. The summed E-state index contributed by atoms with van der Waals surface area (Å²) in [6.45, 7) is 2.07. The lowest BCUT2D eigenvalue weighted by molar-refractivity contribution is -0.136. The number of carbonyl (C=O) groups is 2. The average molecular weight is 288 g/mol. The minimum Gasteiger partial charge on any atom is -0.481 e. The molecule has 2 amide bonds. The molecular weight excluding hydrogens is 268 g/mol.